The summed E-state index contributed by atoms with van der Waals surface area (Å²) < 4.78 is 0. The monoisotopic (exact) mass is 310 g/mol. The zero-order chi connectivity index (χ0) is 15.8. The number of amides is 3. The fraction of sp³-hybridized carbons (Fsp3) is 0.875. The first-order valence-electron chi connectivity index (χ1n) is 8.71. The standard InChI is InChI=1S/C16H30N4O2/c17-11-13-8-10-20(12-13)15(21)7-4-9-18-16(22)19-14-5-2-1-3-6-14/h13-14H,1-12,17H2,(H2,18,19,22). The van der Waals surface area contributed by atoms with Gasteiger partial charge in [0.25, 0.3) is 0 Å². The van der Waals surface area contributed by atoms with E-state index in [2.05, 4.69) is 10.6 Å². The Kier molecular flexibility index (Phi) is 6.96. The van der Waals surface area contributed by atoms with E-state index in [0.717, 1.165) is 32.4 Å². The molecule has 0 aromatic carbocycles. The Hall–Kier alpha value is -1.30. The van der Waals surface area contributed by atoms with E-state index < -0.39 is 0 Å². The topological polar surface area (TPSA) is 87.5 Å². The lowest BCUT2D eigenvalue weighted by Crippen LogP contribution is -2.43. The van der Waals surface area contributed by atoms with E-state index in [-0.39, 0.29) is 11.9 Å². The number of nitrogens with zero attached hydrogens (tertiary/aromatic N) is 1. The number of urea groups is 1. The predicted molar refractivity (Wildman–Crippen MR) is 86.4 cm³/mol. The smallest absolute Gasteiger partial charge is 0.315 e. The summed E-state index contributed by atoms with van der Waals surface area (Å²) >= 11 is 0. The number of hydrogen-bond donors (Lipinski definition) is 3. The molecule has 22 heavy (non-hydrogen) atoms. The van der Waals surface area contributed by atoms with Crippen LogP contribution in [0.5, 0.6) is 0 Å². The molecule has 1 saturated carbocycles. The second-order valence-electron chi connectivity index (χ2n) is 6.57. The van der Waals surface area contributed by atoms with Crippen LogP contribution in [-0.2, 0) is 4.79 Å². The molecule has 0 bridgehead atoms. The SMILES string of the molecule is NCC1CCN(C(=O)CCCNC(=O)NC2CCCCC2)C1. The quantitative estimate of drug-likeness (QED) is 0.644. The molecule has 0 aromatic heterocycles. The van der Waals surface area contributed by atoms with Gasteiger partial charge in [-0.3, -0.25) is 4.79 Å². The Bertz CT molecular complexity index is 369. The lowest BCUT2D eigenvalue weighted by Gasteiger charge is -2.22. The average molecular weight is 310 g/mol. The second kappa shape index (κ2) is 8.98. The van der Waals surface area contributed by atoms with Crippen molar-refractivity contribution in [2.45, 2.75) is 57.4 Å². The van der Waals surface area contributed by atoms with Gasteiger partial charge in [-0.25, -0.2) is 4.79 Å². The van der Waals surface area contributed by atoms with E-state index in [1.807, 2.05) is 4.90 Å². The van der Waals surface area contributed by atoms with Crippen molar-refractivity contribution in [1.29, 1.82) is 0 Å². The van der Waals surface area contributed by atoms with Crippen molar-refractivity contribution in [2.24, 2.45) is 11.7 Å². The van der Waals surface area contributed by atoms with Crippen LogP contribution in [0.4, 0.5) is 4.79 Å². The number of carbonyl (C=O) groups is 2. The van der Waals surface area contributed by atoms with Crippen LogP contribution in [0.2, 0.25) is 0 Å². The lowest BCUT2D eigenvalue weighted by atomic mass is 9.96. The molecule has 1 heterocycles. The molecule has 1 aliphatic heterocycles. The minimum Gasteiger partial charge on any atom is -0.342 e. The molecule has 1 saturated heterocycles. The highest BCUT2D eigenvalue weighted by Crippen LogP contribution is 2.17. The number of nitrogens with one attached hydrogen (secondary N) is 2. The number of nitrogens with two attached hydrogens (primary N) is 1. The summed E-state index contributed by atoms with van der Waals surface area (Å²) in [6, 6.07) is 0.233. The van der Waals surface area contributed by atoms with E-state index in [9.17, 15) is 9.59 Å². The van der Waals surface area contributed by atoms with Crippen LogP contribution in [0.15, 0.2) is 0 Å². The molecule has 2 fully saturated rings. The summed E-state index contributed by atoms with van der Waals surface area (Å²) in [5.74, 6) is 0.647. The Morgan fingerprint density at radius 3 is 2.59 bits per heavy atom. The van der Waals surface area contributed by atoms with Gasteiger partial charge in [0, 0.05) is 32.1 Å². The summed E-state index contributed by atoms with van der Waals surface area (Å²) in [4.78, 5) is 25.7. The Morgan fingerprint density at radius 2 is 1.91 bits per heavy atom. The van der Waals surface area contributed by atoms with Crippen LogP contribution in [-0.4, -0.2) is 49.1 Å². The van der Waals surface area contributed by atoms with Crippen molar-refractivity contribution in [2.75, 3.05) is 26.2 Å². The van der Waals surface area contributed by atoms with Crippen molar-refractivity contribution < 1.29 is 9.59 Å². The molecule has 4 N–H and O–H groups in total. The van der Waals surface area contributed by atoms with Gasteiger partial charge in [-0.15, -0.1) is 0 Å². The van der Waals surface area contributed by atoms with Gasteiger partial charge in [-0.1, -0.05) is 19.3 Å². The third-order valence-corrected chi connectivity index (χ3v) is 4.77. The van der Waals surface area contributed by atoms with Crippen molar-refractivity contribution >= 4 is 11.9 Å². The van der Waals surface area contributed by atoms with Crippen molar-refractivity contribution in [3.63, 3.8) is 0 Å². The van der Waals surface area contributed by atoms with Crippen LogP contribution in [0, 0.1) is 5.92 Å². The van der Waals surface area contributed by atoms with E-state index >= 15 is 0 Å². The van der Waals surface area contributed by atoms with Gasteiger partial charge in [0.2, 0.25) is 5.91 Å². The zero-order valence-corrected chi connectivity index (χ0v) is 13.5. The van der Waals surface area contributed by atoms with Gasteiger partial charge in [0.1, 0.15) is 0 Å². The number of carbonyl (C=O) groups excluding carboxylic acids is 2. The van der Waals surface area contributed by atoms with E-state index in [4.69, 9.17) is 5.73 Å². The van der Waals surface area contributed by atoms with Gasteiger partial charge in [0.15, 0.2) is 0 Å². The first kappa shape index (κ1) is 17.1. The average Bonchev–Trinajstić information content (AvgIpc) is 3.01. The molecule has 0 radical (unpaired) electrons. The predicted octanol–water partition coefficient (Wildman–Crippen LogP) is 1.21. The minimum atomic E-state index is -0.0938. The minimum absolute atomic E-state index is 0.0938. The van der Waals surface area contributed by atoms with E-state index in [0.29, 0.717) is 37.9 Å². The maximum absolute atomic E-state index is 12.0. The van der Waals surface area contributed by atoms with Gasteiger partial charge in [-0.2, -0.15) is 0 Å². The van der Waals surface area contributed by atoms with Crippen LogP contribution in [0.1, 0.15) is 51.4 Å². The Labute approximate surface area is 133 Å². The normalized spacial score (nSPS) is 22.6. The zero-order valence-electron chi connectivity index (χ0n) is 13.5. The lowest BCUT2D eigenvalue weighted by molar-refractivity contribution is -0.130. The van der Waals surface area contributed by atoms with Crippen LogP contribution in [0.25, 0.3) is 0 Å². The summed E-state index contributed by atoms with van der Waals surface area (Å²) in [5, 5.41) is 5.87. The molecular formula is C16H30N4O2. The Morgan fingerprint density at radius 1 is 1.14 bits per heavy atom. The summed E-state index contributed by atoms with van der Waals surface area (Å²) in [7, 11) is 0. The summed E-state index contributed by atoms with van der Waals surface area (Å²) in [5.41, 5.74) is 5.64. The molecule has 126 valence electrons. The van der Waals surface area contributed by atoms with Gasteiger partial charge in [0.05, 0.1) is 0 Å². The first-order valence-corrected chi connectivity index (χ1v) is 8.71. The highest BCUT2D eigenvalue weighted by atomic mass is 16.2. The number of likely N-dealkylation sites (tertiary alicyclic amines) is 1. The number of hydrogen-bond acceptors (Lipinski definition) is 3. The summed E-state index contributed by atoms with van der Waals surface area (Å²) in [6.07, 6.45) is 8.08. The molecular weight excluding hydrogens is 280 g/mol. The van der Waals surface area contributed by atoms with Crippen LogP contribution in [0.3, 0.4) is 0 Å². The largest absolute Gasteiger partial charge is 0.342 e. The second-order valence-corrected chi connectivity index (χ2v) is 6.57. The third-order valence-electron chi connectivity index (χ3n) is 4.77. The van der Waals surface area contributed by atoms with Crippen LogP contribution < -0.4 is 16.4 Å². The maximum atomic E-state index is 12.0. The molecule has 1 aliphatic carbocycles. The molecule has 1 atom stereocenters. The number of rotatable bonds is 6. The Balaban J connectivity index is 1.53. The van der Waals surface area contributed by atoms with Gasteiger partial charge in [-0.05, 0) is 38.1 Å². The van der Waals surface area contributed by atoms with Gasteiger partial charge >= 0.3 is 6.03 Å². The van der Waals surface area contributed by atoms with Crippen molar-refractivity contribution in [3.8, 4) is 0 Å². The summed E-state index contributed by atoms with van der Waals surface area (Å²) in [6.45, 7) is 2.84. The molecule has 6 nitrogen and oxygen atoms in total. The molecule has 3 amide bonds. The molecule has 2 aliphatic rings. The third kappa shape index (κ3) is 5.48. The highest BCUT2D eigenvalue weighted by Gasteiger charge is 2.24. The maximum Gasteiger partial charge on any atom is 0.315 e. The first-order chi connectivity index (χ1) is 10.7. The highest BCUT2D eigenvalue weighted by molar-refractivity contribution is 5.77. The molecule has 1 unspecified atom stereocenters. The van der Waals surface area contributed by atoms with Crippen molar-refractivity contribution in [1.82, 2.24) is 15.5 Å². The molecule has 0 aromatic rings. The van der Waals surface area contributed by atoms with E-state index in [1.54, 1.807) is 0 Å². The van der Waals surface area contributed by atoms with Gasteiger partial charge < -0.3 is 21.3 Å². The van der Waals surface area contributed by atoms with Crippen LogP contribution >= 0.6 is 0 Å². The van der Waals surface area contributed by atoms with E-state index in [1.165, 1.54) is 19.3 Å². The molecule has 6 heteroatoms. The molecule has 2 rings (SSSR count). The fourth-order valence-electron chi connectivity index (χ4n) is 3.33. The van der Waals surface area contributed by atoms with Crippen molar-refractivity contribution in [3.05, 3.63) is 0 Å². The fourth-order valence-corrected chi connectivity index (χ4v) is 3.33. The molecule has 0 spiro atoms.